The number of hydrogen-bond acceptors (Lipinski definition) is 1. The van der Waals surface area contributed by atoms with Crippen LogP contribution in [0.4, 0.5) is 0 Å². The molecule has 2 fully saturated rings. The van der Waals surface area contributed by atoms with E-state index in [0.717, 1.165) is 23.2 Å². The highest BCUT2D eigenvalue weighted by atomic mass is 35.5. The van der Waals surface area contributed by atoms with Crippen molar-refractivity contribution >= 4 is 22.6 Å². The molecule has 2 aromatic rings. The van der Waals surface area contributed by atoms with Crippen LogP contribution >= 0.6 is 11.6 Å². The van der Waals surface area contributed by atoms with Crippen molar-refractivity contribution < 1.29 is 0 Å². The van der Waals surface area contributed by atoms with E-state index in [2.05, 4.69) is 29.7 Å². The Balaban J connectivity index is 1.94. The van der Waals surface area contributed by atoms with Crippen LogP contribution < -0.4 is 0 Å². The van der Waals surface area contributed by atoms with Gasteiger partial charge in [-0.05, 0) is 56.6 Å². The summed E-state index contributed by atoms with van der Waals surface area (Å²) >= 11 is 6.43. The van der Waals surface area contributed by atoms with Crippen molar-refractivity contribution in [1.82, 2.24) is 9.55 Å². The Bertz CT molecular complexity index is 658. The molecule has 1 aromatic heterocycles. The second-order valence-corrected chi connectivity index (χ2v) is 7.30. The third kappa shape index (κ3) is 1.74. The Kier molecular flexibility index (Phi) is 2.85. The van der Waals surface area contributed by atoms with Gasteiger partial charge in [0.1, 0.15) is 5.82 Å². The Hall–Kier alpha value is -1.02. The first-order valence-electron chi connectivity index (χ1n) is 7.76. The number of nitrogens with zero attached hydrogens (tertiary/aromatic N) is 2. The van der Waals surface area contributed by atoms with Gasteiger partial charge in [0.15, 0.2) is 0 Å². The minimum atomic E-state index is -0.0269. The predicted octanol–water partition coefficient (Wildman–Crippen LogP) is 5.01. The number of rotatable bonds is 2. The highest BCUT2D eigenvalue weighted by Crippen LogP contribution is 2.52. The molecule has 2 saturated carbocycles. The molecular formula is C17H21ClN2. The van der Waals surface area contributed by atoms with Gasteiger partial charge in [-0.1, -0.05) is 18.6 Å². The standard InChI is InChI=1S/C17H21ClN2/c1-10-4-3-5-14-16(10)20(17(19-14)11(2)18)15-9-12-6-7-13(15)8-12/h3-5,11-13,15H,6-9H2,1-2H3. The van der Waals surface area contributed by atoms with Crippen molar-refractivity contribution in [1.29, 1.82) is 0 Å². The van der Waals surface area contributed by atoms with E-state index in [0.29, 0.717) is 6.04 Å². The first-order chi connectivity index (χ1) is 9.65. The van der Waals surface area contributed by atoms with Gasteiger partial charge in [-0.25, -0.2) is 4.98 Å². The number of halogens is 1. The zero-order valence-corrected chi connectivity index (χ0v) is 12.9. The molecule has 2 aliphatic carbocycles. The maximum Gasteiger partial charge on any atom is 0.127 e. The zero-order chi connectivity index (χ0) is 13.9. The van der Waals surface area contributed by atoms with Gasteiger partial charge in [0.2, 0.25) is 0 Å². The smallest absolute Gasteiger partial charge is 0.127 e. The maximum absolute atomic E-state index is 6.43. The van der Waals surface area contributed by atoms with E-state index >= 15 is 0 Å². The predicted molar refractivity (Wildman–Crippen MR) is 83.2 cm³/mol. The van der Waals surface area contributed by atoms with Gasteiger partial charge in [0.25, 0.3) is 0 Å². The van der Waals surface area contributed by atoms with Crippen LogP contribution in [0.3, 0.4) is 0 Å². The third-order valence-electron chi connectivity index (χ3n) is 5.33. The summed E-state index contributed by atoms with van der Waals surface area (Å²) < 4.78 is 2.49. The third-order valence-corrected chi connectivity index (χ3v) is 5.52. The number of alkyl halides is 1. The molecule has 0 saturated heterocycles. The van der Waals surface area contributed by atoms with E-state index in [9.17, 15) is 0 Å². The second kappa shape index (κ2) is 4.49. The maximum atomic E-state index is 6.43. The monoisotopic (exact) mass is 288 g/mol. The average Bonchev–Trinajstić information content (AvgIpc) is 3.11. The van der Waals surface area contributed by atoms with Crippen LogP contribution in [-0.2, 0) is 0 Å². The molecular weight excluding hydrogens is 268 g/mol. The van der Waals surface area contributed by atoms with E-state index in [1.54, 1.807) is 0 Å². The van der Waals surface area contributed by atoms with Gasteiger partial charge < -0.3 is 4.57 Å². The Labute approximate surface area is 125 Å². The summed E-state index contributed by atoms with van der Waals surface area (Å²) in [5, 5.41) is -0.0269. The fourth-order valence-corrected chi connectivity index (χ4v) is 4.64. The number of aromatic nitrogens is 2. The molecule has 2 aliphatic rings. The van der Waals surface area contributed by atoms with Gasteiger partial charge in [0.05, 0.1) is 16.4 Å². The summed E-state index contributed by atoms with van der Waals surface area (Å²) in [6.45, 7) is 4.23. The fourth-order valence-electron chi connectivity index (χ4n) is 4.48. The van der Waals surface area contributed by atoms with Crippen LogP contribution in [0.25, 0.3) is 11.0 Å². The largest absolute Gasteiger partial charge is 0.323 e. The van der Waals surface area contributed by atoms with E-state index < -0.39 is 0 Å². The lowest BCUT2D eigenvalue weighted by Gasteiger charge is -2.26. The number of benzene rings is 1. The van der Waals surface area contributed by atoms with E-state index in [1.807, 2.05) is 6.92 Å². The number of para-hydroxylation sites is 1. The number of aryl methyl sites for hydroxylation is 1. The summed E-state index contributed by atoms with van der Waals surface area (Å²) in [5.41, 5.74) is 3.74. The van der Waals surface area contributed by atoms with Gasteiger partial charge in [-0.3, -0.25) is 0 Å². The van der Waals surface area contributed by atoms with Crippen molar-refractivity contribution in [2.24, 2.45) is 11.8 Å². The molecule has 2 nitrogen and oxygen atoms in total. The summed E-state index contributed by atoms with van der Waals surface area (Å²) in [5.74, 6) is 2.84. The molecule has 2 bridgehead atoms. The minimum absolute atomic E-state index is 0.0269. The van der Waals surface area contributed by atoms with Crippen LogP contribution in [-0.4, -0.2) is 9.55 Å². The summed E-state index contributed by atoms with van der Waals surface area (Å²) in [4.78, 5) is 4.83. The van der Waals surface area contributed by atoms with Gasteiger partial charge in [-0.15, -0.1) is 11.6 Å². The lowest BCUT2D eigenvalue weighted by Crippen LogP contribution is -2.19. The lowest BCUT2D eigenvalue weighted by atomic mass is 9.94. The van der Waals surface area contributed by atoms with Gasteiger partial charge in [-0.2, -0.15) is 0 Å². The van der Waals surface area contributed by atoms with Crippen molar-refractivity contribution in [2.75, 3.05) is 0 Å². The molecule has 3 heteroatoms. The Morgan fingerprint density at radius 3 is 2.80 bits per heavy atom. The average molecular weight is 289 g/mol. The van der Waals surface area contributed by atoms with Crippen LogP contribution in [0.5, 0.6) is 0 Å². The highest BCUT2D eigenvalue weighted by Gasteiger charge is 2.42. The van der Waals surface area contributed by atoms with Crippen molar-refractivity contribution in [3.63, 3.8) is 0 Å². The molecule has 0 amide bonds. The number of hydrogen-bond donors (Lipinski definition) is 0. The molecule has 0 spiro atoms. The van der Waals surface area contributed by atoms with E-state index in [1.165, 1.54) is 36.8 Å². The summed E-state index contributed by atoms with van der Waals surface area (Å²) in [6.07, 6.45) is 5.54. The molecule has 4 unspecified atom stereocenters. The molecule has 0 radical (unpaired) electrons. The Morgan fingerprint density at radius 1 is 1.30 bits per heavy atom. The SMILES string of the molecule is Cc1cccc2nc(C(C)Cl)n(C3CC4CCC3C4)c12. The molecule has 1 aromatic carbocycles. The van der Waals surface area contributed by atoms with Crippen molar-refractivity contribution in [2.45, 2.75) is 50.9 Å². The zero-order valence-electron chi connectivity index (χ0n) is 12.1. The lowest BCUT2D eigenvalue weighted by molar-refractivity contribution is 0.329. The summed E-state index contributed by atoms with van der Waals surface area (Å²) in [6, 6.07) is 7.03. The first-order valence-corrected chi connectivity index (χ1v) is 8.20. The fraction of sp³-hybridized carbons (Fsp3) is 0.588. The van der Waals surface area contributed by atoms with Crippen LogP contribution in [0.1, 0.15) is 55.4 Å². The van der Waals surface area contributed by atoms with Crippen LogP contribution in [0.2, 0.25) is 0 Å². The number of imidazole rings is 1. The topological polar surface area (TPSA) is 17.8 Å². The molecule has 0 aliphatic heterocycles. The van der Waals surface area contributed by atoms with Crippen LogP contribution in [0, 0.1) is 18.8 Å². The molecule has 1 heterocycles. The van der Waals surface area contributed by atoms with Crippen molar-refractivity contribution in [3.05, 3.63) is 29.6 Å². The van der Waals surface area contributed by atoms with Crippen LogP contribution in [0.15, 0.2) is 18.2 Å². The quantitative estimate of drug-likeness (QED) is 0.711. The minimum Gasteiger partial charge on any atom is -0.323 e. The second-order valence-electron chi connectivity index (χ2n) is 6.64. The van der Waals surface area contributed by atoms with Gasteiger partial charge in [0, 0.05) is 6.04 Å². The van der Waals surface area contributed by atoms with Crippen molar-refractivity contribution in [3.8, 4) is 0 Å². The Morgan fingerprint density at radius 2 is 2.15 bits per heavy atom. The number of fused-ring (bicyclic) bond motifs is 3. The van der Waals surface area contributed by atoms with E-state index in [4.69, 9.17) is 16.6 Å². The molecule has 106 valence electrons. The molecule has 4 rings (SSSR count). The van der Waals surface area contributed by atoms with E-state index in [-0.39, 0.29) is 5.38 Å². The summed E-state index contributed by atoms with van der Waals surface area (Å²) in [7, 11) is 0. The van der Waals surface area contributed by atoms with Gasteiger partial charge >= 0.3 is 0 Å². The molecule has 0 N–H and O–H groups in total. The molecule has 20 heavy (non-hydrogen) atoms. The molecule has 4 atom stereocenters. The normalized spacial score (nSPS) is 30.2. The highest BCUT2D eigenvalue weighted by molar-refractivity contribution is 6.20. The first kappa shape index (κ1) is 12.7.